The lowest BCUT2D eigenvalue weighted by molar-refractivity contribution is -0.115. The first-order valence-electron chi connectivity index (χ1n) is 8.67. The van der Waals surface area contributed by atoms with E-state index in [0.717, 1.165) is 23.4 Å². The van der Waals surface area contributed by atoms with Gasteiger partial charge < -0.3 is 15.8 Å². The maximum Gasteiger partial charge on any atom is 0.228 e. The topological polar surface area (TPSA) is 82.2 Å². The number of nitrogens with zero attached hydrogens (tertiary/aromatic N) is 2. The van der Waals surface area contributed by atoms with Gasteiger partial charge in [0.05, 0.1) is 12.1 Å². The molecule has 2 aromatic carbocycles. The average Bonchev–Trinajstić information content (AvgIpc) is 3.08. The average molecular weight is 386 g/mol. The summed E-state index contributed by atoms with van der Waals surface area (Å²) in [7, 11) is 1.80. The van der Waals surface area contributed by atoms with E-state index in [2.05, 4.69) is 10.4 Å². The van der Waals surface area contributed by atoms with E-state index in [9.17, 15) is 13.6 Å². The van der Waals surface area contributed by atoms with Crippen LogP contribution in [0.1, 0.15) is 5.56 Å². The molecule has 0 aliphatic rings. The van der Waals surface area contributed by atoms with Crippen molar-refractivity contribution in [1.29, 1.82) is 0 Å². The Bertz CT molecular complexity index is 988. The lowest BCUT2D eigenvalue weighted by Gasteiger charge is -2.14. The lowest BCUT2D eigenvalue weighted by atomic mass is 10.1. The number of benzene rings is 2. The standard InChI is InChI=1S/C20H20F2N4O2/c1-26-18(6-8-24-26)16-12-15(4-5-19(16)28-9-7-23)25-20(27)10-13-2-3-14(21)11-17(13)22/h2-6,8,11-12H,7,9-10,23H2,1H3,(H,25,27). The molecule has 8 heteroatoms. The van der Waals surface area contributed by atoms with Crippen molar-refractivity contribution >= 4 is 11.6 Å². The highest BCUT2D eigenvalue weighted by atomic mass is 19.1. The number of aromatic nitrogens is 2. The molecule has 3 N–H and O–H groups in total. The summed E-state index contributed by atoms with van der Waals surface area (Å²) in [6, 6.07) is 10.1. The number of carbonyl (C=O) groups is 1. The van der Waals surface area contributed by atoms with E-state index in [0.29, 0.717) is 24.6 Å². The van der Waals surface area contributed by atoms with Gasteiger partial charge in [0.2, 0.25) is 5.91 Å². The Hall–Kier alpha value is -3.26. The van der Waals surface area contributed by atoms with E-state index < -0.39 is 17.5 Å². The molecule has 0 spiro atoms. The van der Waals surface area contributed by atoms with Gasteiger partial charge in [-0.25, -0.2) is 8.78 Å². The van der Waals surface area contributed by atoms with Gasteiger partial charge >= 0.3 is 0 Å². The summed E-state index contributed by atoms with van der Waals surface area (Å²) in [6.07, 6.45) is 1.45. The fourth-order valence-electron chi connectivity index (χ4n) is 2.78. The van der Waals surface area contributed by atoms with Crippen molar-refractivity contribution in [3.05, 3.63) is 65.9 Å². The lowest BCUT2D eigenvalue weighted by Crippen LogP contribution is -2.16. The van der Waals surface area contributed by atoms with Crippen molar-refractivity contribution in [1.82, 2.24) is 9.78 Å². The zero-order valence-corrected chi connectivity index (χ0v) is 15.3. The second kappa shape index (κ2) is 8.62. The van der Waals surface area contributed by atoms with Crippen LogP contribution >= 0.6 is 0 Å². The van der Waals surface area contributed by atoms with Gasteiger partial charge in [-0.05, 0) is 35.9 Å². The molecule has 0 aliphatic carbocycles. The molecule has 0 unspecified atom stereocenters. The summed E-state index contributed by atoms with van der Waals surface area (Å²) in [6.45, 7) is 0.715. The highest BCUT2D eigenvalue weighted by Crippen LogP contribution is 2.32. The van der Waals surface area contributed by atoms with Crippen LogP contribution in [0.15, 0.2) is 48.7 Å². The number of carbonyl (C=O) groups excluding carboxylic acids is 1. The molecule has 1 aromatic heterocycles. The first-order valence-corrected chi connectivity index (χ1v) is 8.67. The number of hydrogen-bond donors (Lipinski definition) is 2. The van der Waals surface area contributed by atoms with Crippen molar-refractivity contribution < 1.29 is 18.3 Å². The van der Waals surface area contributed by atoms with Crippen molar-refractivity contribution in [2.24, 2.45) is 12.8 Å². The number of rotatable bonds is 7. The fraction of sp³-hybridized carbons (Fsp3) is 0.200. The number of aryl methyl sites for hydroxylation is 1. The number of amides is 1. The smallest absolute Gasteiger partial charge is 0.228 e. The molecule has 1 heterocycles. The molecule has 0 saturated heterocycles. The summed E-state index contributed by atoms with van der Waals surface area (Å²) >= 11 is 0. The van der Waals surface area contributed by atoms with Crippen LogP contribution in [-0.2, 0) is 18.3 Å². The van der Waals surface area contributed by atoms with Gasteiger partial charge in [0, 0.05) is 37.1 Å². The molecule has 0 bridgehead atoms. The summed E-state index contributed by atoms with van der Waals surface area (Å²) in [4.78, 5) is 12.3. The minimum absolute atomic E-state index is 0.119. The monoisotopic (exact) mass is 386 g/mol. The van der Waals surface area contributed by atoms with Crippen LogP contribution in [0, 0.1) is 11.6 Å². The third kappa shape index (κ3) is 4.52. The van der Waals surface area contributed by atoms with Gasteiger partial charge in [-0.1, -0.05) is 6.07 Å². The Morgan fingerprint density at radius 2 is 2.04 bits per heavy atom. The minimum atomic E-state index is -0.753. The SMILES string of the molecule is Cn1nccc1-c1cc(NC(=O)Cc2ccc(F)cc2F)ccc1OCCN. The van der Waals surface area contributed by atoms with Gasteiger partial charge in [0.15, 0.2) is 0 Å². The Morgan fingerprint density at radius 3 is 2.71 bits per heavy atom. The first kappa shape index (κ1) is 19.5. The van der Waals surface area contributed by atoms with Crippen molar-refractivity contribution in [3.8, 4) is 17.0 Å². The van der Waals surface area contributed by atoms with Crippen LogP contribution in [0.4, 0.5) is 14.5 Å². The summed E-state index contributed by atoms with van der Waals surface area (Å²) < 4.78 is 34.1. The maximum atomic E-state index is 13.8. The number of halogens is 2. The quantitative estimate of drug-likeness (QED) is 0.654. The molecule has 6 nitrogen and oxygen atoms in total. The highest BCUT2D eigenvalue weighted by Gasteiger charge is 2.14. The second-order valence-corrected chi connectivity index (χ2v) is 6.15. The number of ether oxygens (including phenoxy) is 1. The Balaban J connectivity index is 1.82. The van der Waals surface area contributed by atoms with E-state index in [4.69, 9.17) is 10.5 Å². The first-order chi connectivity index (χ1) is 13.5. The fourth-order valence-corrected chi connectivity index (χ4v) is 2.78. The molecule has 0 aliphatic heterocycles. The zero-order chi connectivity index (χ0) is 20.1. The van der Waals surface area contributed by atoms with E-state index in [1.54, 1.807) is 36.1 Å². The number of anilines is 1. The Kier molecular flexibility index (Phi) is 6.00. The summed E-state index contributed by atoms with van der Waals surface area (Å²) in [5.41, 5.74) is 7.68. The number of hydrogen-bond acceptors (Lipinski definition) is 4. The summed E-state index contributed by atoms with van der Waals surface area (Å²) in [5.74, 6) is -1.25. The third-order valence-electron chi connectivity index (χ3n) is 4.10. The second-order valence-electron chi connectivity index (χ2n) is 6.15. The largest absolute Gasteiger partial charge is 0.492 e. The van der Waals surface area contributed by atoms with Crippen molar-refractivity contribution in [2.75, 3.05) is 18.5 Å². The normalized spacial score (nSPS) is 10.7. The van der Waals surface area contributed by atoms with E-state index in [1.165, 1.54) is 6.07 Å². The molecule has 3 rings (SSSR count). The van der Waals surface area contributed by atoms with Crippen LogP contribution in [0.3, 0.4) is 0 Å². The molecule has 0 saturated carbocycles. The number of nitrogens with two attached hydrogens (primary N) is 1. The van der Waals surface area contributed by atoms with E-state index in [1.807, 2.05) is 6.07 Å². The molecular formula is C20H20F2N4O2. The van der Waals surface area contributed by atoms with E-state index in [-0.39, 0.29) is 12.0 Å². The molecule has 0 radical (unpaired) electrons. The summed E-state index contributed by atoms with van der Waals surface area (Å²) in [5, 5.41) is 6.88. The molecule has 146 valence electrons. The molecule has 3 aromatic rings. The van der Waals surface area contributed by atoms with Crippen molar-refractivity contribution in [3.63, 3.8) is 0 Å². The minimum Gasteiger partial charge on any atom is -0.492 e. The number of nitrogens with one attached hydrogen (secondary N) is 1. The van der Waals surface area contributed by atoms with Crippen LogP contribution in [0.25, 0.3) is 11.3 Å². The van der Waals surface area contributed by atoms with Crippen LogP contribution < -0.4 is 15.8 Å². The Labute approximate surface area is 160 Å². The molecule has 0 atom stereocenters. The Morgan fingerprint density at radius 1 is 1.21 bits per heavy atom. The van der Waals surface area contributed by atoms with Gasteiger partial charge in [0.25, 0.3) is 0 Å². The molecule has 28 heavy (non-hydrogen) atoms. The van der Waals surface area contributed by atoms with E-state index >= 15 is 0 Å². The zero-order valence-electron chi connectivity index (χ0n) is 15.3. The maximum absolute atomic E-state index is 13.8. The van der Waals surface area contributed by atoms with Crippen LogP contribution in [-0.4, -0.2) is 28.8 Å². The predicted molar refractivity (Wildman–Crippen MR) is 102 cm³/mol. The molecule has 1 amide bonds. The highest BCUT2D eigenvalue weighted by molar-refractivity contribution is 5.93. The van der Waals surface area contributed by atoms with Gasteiger partial charge in [-0.2, -0.15) is 5.10 Å². The van der Waals surface area contributed by atoms with Gasteiger partial charge in [-0.3, -0.25) is 9.48 Å². The third-order valence-corrected chi connectivity index (χ3v) is 4.10. The van der Waals surface area contributed by atoms with Crippen molar-refractivity contribution in [2.45, 2.75) is 6.42 Å². The predicted octanol–water partition coefficient (Wildman–Crippen LogP) is 2.88. The van der Waals surface area contributed by atoms with Gasteiger partial charge in [0.1, 0.15) is 24.0 Å². The molecular weight excluding hydrogens is 366 g/mol. The molecule has 0 fully saturated rings. The van der Waals surface area contributed by atoms with Gasteiger partial charge in [-0.15, -0.1) is 0 Å². The van der Waals surface area contributed by atoms with Crippen LogP contribution in [0.2, 0.25) is 0 Å². The van der Waals surface area contributed by atoms with Crippen LogP contribution in [0.5, 0.6) is 5.75 Å².